The summed E-state index contributed by atoms with van der Waals surface area (Å²) in [6.07, 6.45) is 0. The molecule has 0 atom stereocenters. The highest BCUT2D eigenvalue weighted by molar-refractivity contribution is 5.63. The normalized spacial score (nSPS) is 9.79. The maximum absolute atomic E-state index is 10.1. The summed E-state index contributed by atoms with van der Waals surface area (Å²) >= 11 is 0. The van der Waals surface area contributed by atoms with Crippen LogP contribution in [-0.4, -0.2) is 0 Å². The lowest BCUT2D eigenvalue weighted by Crippen LogP contribution is -1.81. The van der Waals surface area contributed by atoms with E-state index in [9.17, 15) is 5.26 Å². The van der Waals surface area contributed by atoms with Gasteiger partial charge in [0.1, 0.15) is 0 Å². The monoisotopic (exact) mass is 184 g/mol. The van der Waals surface area contributed by atoms with E-state index in [-0.39, 0.29) is 0 Å². The zero-order chi connectivity index (χ0) is 9.80. The molecule has 0 aliphatic heterocycles. The van der Waals surface area contributed by atoms with Gasteiger partial charge in [-0.25, -0.2) is 0 Å². The van der Waals surface area contributed by atoms with E-state index >= 15 is 0 Å². The molecule has 0 saturated carbocycles. The van der Waals surface area contributed by atoms with Crippen LogP contribution in [0, 0.1) is 6.07 Å². The third kappa shape index (κ3) is 1.75. The minimum absolute atomic E-state index is 0.330. The molecule has 0 aromatic heterocycles. The molecule has 2 radical (unpaired) electrons. The fourth-order valence-electron chi connectivity index (χ4n) is 1.28. The van der Waals surface area contributed by atoms with Crippen LogP contribution in [0.3, 0.4) is 0 Å². The predicted octanol–water partition coefficient (Wildman–Crippen LogP) is 2.88. The molecule has 0 heterocycles. The van der Waals surface area contributed by atoms with Gasteiger partial charge in [0.2, 0.25) is 0 Å². The van der Waals surface area contributed by atoms with E-state index in [0.717, 1.165) is 11.1 Å². The smallest absolute Gasteiger partial charge is 0.168 e. The van der Waals surface area contributed by atoms with Gasteiger partial charge in [-0.15, -0.1) is 0 Å². The van der Waals surface area contributed by atoms with Crippen LogP contribution in [0.25, 0.3) is 11.1 Å². The average Bonchev–Trinajstić information content (AvgIpc) is 2.30. The summed E-state index contributed by atoms with van der Waals surface area (Å²) in [6.45, 7) is 0. The van der Waals surface area contributed by atoms with E-state index in [1.807, 2.05) is 36.4 Å². The predicted molar refractivity (Wildman–Crippen MR) is 52.0 cm³/mol. The van der Waals surface area contributed by atoms with E-state index in [4.69, 9.17) is 0 Å². The van der Waals surface area contributed by atoms with Gasteiger partial charge in [0.25, 0.3) is 0 Å². The molecule has 0 aliphatic rings. The molecule has 0 spiro atoms. The molecule has 2 nitrogen and oxygen atoms in total. The molecule has 0 bridgehead atoms. The molecule has 0 aliphatic carbocycles. The molecule has 0 N–H and O–H groups in total. The van der Waals surface area contributed by atoms with Crippen LogP contribution in [0.15, 0.2) is 48.5 Å². The standard InChI is InChI=1S/C12H8O2/c13-14-12-8-6-11(7-9-12)10-4-2-1-3-5-10/h2-9H. The van der Waals surface area contributed by atoms with Gasteiger partial charge in [0, 0.05) is 5.26 Å². The summed E-state index contributed by atoms with van der Waals surface area (Å²) in [7, 11) is 0. The van der Waals surface area contributed by atoms with Crippen molar-refractivity contribution < 1.29 is 10.1 Å². The van der Waals surface area contributed by atoms with E-state index < -0.39 is 0 Å². The number of hydrogen-bond donors (Lipinski definition) is 0. The van der Waals surface area contributed by atoms with E-state index in [1.54, 1.807) is 12.1 Å². The molecule has 2 aromatic rings. The molecule has 0 amide bonds. The van der Waals surface area contributed by atoms with Crippen molar-refractivity contribution >= 4 is 0 Å². The zero-order valence-corrected chi connectivity index (χ0v) is 7.44. The minimum atomic E-state index is 0.330. The van der Waals surface area contributed by atoms with Crippen molar-refractivity contribution in [2.45, 2.75) is 0 Å². The van der Waals surface area contributed by atoms with Crippen molar-refractivity contribution in [2.24, 2.45) is 0 Å². The van der Waals surface area contributed by atoms with Gasteiger partial charge in [-0.2, -0.15) is 0 Å². The van der Waals surface area contributed by atoms with Crippen LogP contribution in [0.4, 0.5) is 0 Å². The Morgan fingerprint density at radius 1 is 0.857 bits per heavy atom. The fourth-order valence-corrected chi connectivity index (χ4v) is 1.28. The third-order valence-corrected chi connectivity index (χ3v) is 2.00. The third-order valence-electron chi connectivity index (χ3n) is 2.00. The maximum Gasteiger partial charge on any atom is 0.168 e. The van der Waals surface area contributed by atoms with Crippen LogP contribution >= 0.6 is 0 Å². The van der Waals surface area contributed by atoms with Crippen LogP contribution in [0.1, 0.15) is 0 Å². The van der Waals surface area contributed by atoms with Crippen molar-refractivity contribution in [3.63, 3.8) is 0 Å². The first-order valence-electron chi connectivity index (χ1n) is 4.26. The Labute approximate surface area is 82.3 Å². The van der Waals surface area contributed by atoms with Gasteiger partial charge in [-0.1, -0.05) is 36.4 Å². The van der Waals surface area contributed by atoms with Crippen LogP contribution < -0.4 is 4.89 Å². The highest BCUT2D eigenvalue weighted by atomic mass is 17.1. The summed E-state index contributed by atoms with van der Waals surface area (Å²) in [5.74, 6) is 0.330. The summed E-state index contributed by atoms with van der Waals surface area (Å²) in [5.41, 5.74) is 2.15. The van der Waals surface area contributed by atoms with Gasteiger partial charge in [0.05, 0.1) is 0 Å². The Bertz CT molecular complexity index is 392. The molecular weight excluding hydrogens is 176 g/mol. The average molecular weight is 184 g/mol. The Balaban J connectivity index is 2.34. The van der Waals surface area contributed by atoms with E-state index in [2.05, 4.69) is 11.0 Å². The van der Waals surface area contributed by atoms with Crippen molar-refractivity contribution in [2.75, 3.05) is 0 Å². The first-order valence-corrected chi connectivity index (χ1v) is 4.26. The molecule has 2 heteroatoms. The van der Waals surface area contributed by atoms with Crippen LogP contribution in [-0.2, 0) is 5.26 Å². The zero-order valence-electron chi connectivity index (χ0n) is 7.44. The van der Waals surface area contributed by atoms with Crippen molar-refractivity contribution in [3.05, 3.63) is 54.6 Å². The van der Waals surface area contributed by atoms with Gasteiger partial charge >= 0.3 is 0 Å². The molecule has 0 fully saturated rings. The lowest BCUT2D eigenvalue weighted by Gasteiger charge is -2.00. The first-order chi connectivity index (χ1) is 6.90. The molecule has 2 rings (SSSR count). The lowest BCUT2D eigenvalue weighted by atomic mass is 10.1. The minimum Gasteiger partial charge on any atom is -0.305 e. The second kappa shape index (κ2) is 3.94. The van der Waals surface area contributed by atoms with Gasteiger partial charge in [-0.05, 0) is 29.3 Å². The first kappa shape index (κ1) is 8.78. The maximum atomic E-state index is 10.1. The summed E-state index contributed by atoms with van der Waals surface area (Å²) in [6, 6.07) is 17.6. The molecule has 2 aromatic carbocycles. The molecule has 68 valence electrons. The van der Waals surface area contributed by atoms with Gasteiger partial charge in [-0.3, -0.25) is 0 Å². The van der Waals surface area contributed by atoms with Crippen LogP contribution in [0.5, 0.6) is 5.75 Å². The molecular formula is C12H8O2. The number of rotatable bonds is 2. The Hall–Kier alpha value is -1.80. The highest BCUT2D eigenvalue weighted by Gasteiger charge is 1.97. The summed E-state index contributed by atoms with van der Waals surface area (Å²) < 4.78 is 0. The molecule has 0 saturated heterocycles. The second-order valence-electron chi connectivity index (χ2n) is 2.90. The lowest BCUT2D eigenvalue weighted by molar-refractivity contribution is -0.208. The second-order valence-corrected chi connectivity index (χ2v) is 2.90. The van der Waals surface area contributed by atoms with E-state index in [1.165, 1.54) is 0 Å². The van der Waals surface area contributed by atoms with Crippen molar-refractivity contribution in [1.29, 1.82) is 0 Å². The van der Waals surface area contributed by atoms with Crippen molar-refractivity contribution in [1.82, 2.24) is 0 Å². The SMILES string of the molecule is [O]Oc1ccc(-c2cc[c]cc2)cc1. The highest BCUT2D eigenvalue weighted by Crippen LogP contribution is 2.21. The fraction of sp³-hybridized carbons (Fsp3) is 0. The number of benzene rings is 2. The summed E-state index contributed by atoms with van der Waals surface area (Å²) in [4.78, 5) is 3.85. The molecule has 0 unspecified atom stereocenters. The quantitative estimate of drug-likeness (QED) is 0.521. The molecule has 14 heavy (non-hydrogen) atoms. The summed E-state index contributed by atoms with van der Waals surface area (Å²) in [5, 5.41) is 10.1. The Morgan fingerprint density at radius 2 is 1.43 bits per heavy atom. The Morgan fingerprint density at radius 3 is 2.00 bits per heavy atom. The van der Waals surface area contributed by atoms with Gasteiger partial charge < -0.3 is 4.89 Å². The van der Waals surface area contributed by atoms with E-state index in [0.29, 0.717) is 5.75 Å². The van der Waals surface area contributed by atoms with Gasteiger partial charge in [0.15, 0.2) is 5.75 Å². The van der Waals surface area contributed by atoms with Crippen molar-refractivity contribution in [3.8, 4) is 16.9 Å². The topological polar surface area (TPSA) is 29.1 Å². The largest absolute Gasteiger partial charge is 0.305 e. The Kier molecular flexibility index (Phi) is 2.47. The number of hydrogen-bond acceptors (Lipinski definition) is 1. The van der Waals surface area contributed by atoms with Crippen LogP contribution in [0.2, 0.25) is 0 Å².